The summed E-state index contributed by atoms with van der Waals surface area (Å²) in [6.07, 6.45) is 2.78. The van der Waals surface area contributed by atoms with Gasteiger partial charge in [0.05, 0.1) is 5.75 Å². The maximum absolute atomic E-state index is 12.3. The van der Waals surface area contributed by atoms with Gasteiger partial charge in [0.2, 0.25) is 14.9 Å². The molecule has 0 unspecified atom stereocenters. The van der Waals surface area contributed by atoms with Crippen LogP contribution in [-0.4, -0.2) is 18.0 Å². The second kappa shape index (κ2) is 5.76. The van der Waals surface area contributed by atoms with Crippen LogP contribution in [-0.2, 0) is 22.1 Å². The van der Waals surface area contributed by atoms with Gasteiger partial charge in [-0.2, -0.15) is 0 Å². The molecule has 0 aliphatic heterocycles. The van der Waals surface area contributed by atoms with Crippen LogP contribution in [0.3, 0.4) is 0 Å². The molecule has 106 valence electrons. The molecule has 0 amide bonds. The first-order valence-electron chi connectivity index (χ1n) is 5.96. The zero-order chi connectivity index (χ0) is 14.8. The number of aryl methyl sites for hydroxylation is 1. The fraction of sp³-hybridized carbons (Fsp3) is 0.231. The minimum Gasteiger partial charge on any atom is -0.312 e. The predicted octanol–water partition coefficient (Wildman–Crippen LogP) is 1.89. The molecule has 0 N–H and O–H groups in total. The Bertz CT molecular complexity index is 767. The van der Waals surface area contributed by atoms with Crippen molar-refractivity contribution in [1.82, 2.24) is 9.55 Å². The van der Waals surface area contributed by atoms with E-state index >= 15 is 0 Å². The van der Waals surface area contributed by atoms with Crippen molar-refractivity contribution in [1.29, 1.82) is 0 Å². The van der Waals surface area contributed by atoms with Gasteiger partial charge >= 0.3 is 0 Å². The molecule has 0 aliphatic rings. The Balaban J connectivity index is 2.41. The van der Waals surface area contributed by atoms with Crippen molar-refractivity contribution in [2.45, 2.75) is 24.2 Å². The number of benzene rings is 1. The quantitative estimate of drug-likeness (QED) is 0.864. The normalized spacial score (nSPS) is 11.5. The first kappa shape index (κ1) is 14.7. The minimum atomic E-state index is -3.78. The molecule has 2 rings (SSSR count). The Hall–Kier alpha value is -1.66. The topological polar surface area (TPSA) is 69.0 Å². The first-order valence-corrected chi connectivity index (χ1v) is 7.99. The molecule has 1 aromatic carbocycles. The van der Waals surface area contributed by atoms with Crippen LogP contribution in [0.25, 0.3) is 0 Å². The van der Waals surface area contributed by atoms with Gasteiger partial charge in [0.25, 0.3) is 5.56 Å². The van der Waals surface area contributed by atoms with E-state index in [9.17, 15) is 13.2 Å². The Morgan fingerprint density at radius 3 is 2.50 bits per heavy atom. The highest BCUT2D eigenvalue weighted by Crippen LogP contribution is 2.14. The van der Waals surface area contributed by atoms with Crippen LogP contribution >= 0.6 is 11.6 Å². The fourth-order valence-electron chi connectivity index (χ4n) is 1.76. The van der Waals surface area contributed by atoms with E-state index in [0.29, 0.717) is 17.1 Å². The summed E-state index contributed by atoms with van der Waals surface area (Å²) in [6.45, 7) is 2.15. The number of hydrogen-bond acceptors (Lipinski definition) is 4. The lowest BCUT2D eigenvalue weighted by atomic mass is 10.2. The van der Waals surface area contributed by atoms with Crippen molar-refractivity contribution in [3.05, 3.63) is 57.6 Å². The third-order valence-electron chi connectivity index (χ3n) is 2.79. The number of nitrogens with zero attached hydrogens (tertiary/aromatic N) is 2. The van der Waals surface area contributed by atoms with Crippen molar-refractivity contribution in [2.24, 2.45) is 0 Å². The molecule has 5 nitrogen and oxygen atoms in total. The van der Waals surface area contributed by atoms with E-state index in [4.69, 9.17) is 11.6 Å². The molecule has 1 aromatic heterocycles. The summed E-state index contributed by atoms with van der Waals surface area (Å²) in [7, 11) is -3.78. The van der Waals surface area contributed by atoms with E-state index in [-0.39, 0.29) is 5.75 Å². The fourth-order valence-corrected chi connectivity index (χ4v) is 3.26. The zero-order valence-corrected chi connectivity index (χ0v) is 12.4. The molecular weight excluding hydrogens is 300 g/mol. The van der Waals surface area contributed by atoms with E-state index in [1.54, 1.807) is 31.2 Å². The Morgan fingerprint density at radius 2 is 1.90 bits per heavy atom. The van der Waals surface area contributed by atoms with Crippen LogP contribution in [0.2, 0.25) is 5.02 Å². The van der Waals surface area contributed by atoms with Crippen LogP contribution in [0.15, 0.2) is 46.5 Å². The van der Waals surface area contributed by atoms with Gasteiger partial charge < -0.3 is 4.57 Å². The van der Waals surface area contributed by atoms with Crippen molar-refractivity contribution in [2.75, 3.05) is 0 Å². The van der Waals surface area contributed by atoms with Crippen molar-refractivity contribution in [3.8, 4) is 0 Å². The molecule has 0 spiro atoms. The predicted molar refractivity (Wildman–Crippen MR) is 76.5 cm³/mol. The van der Waals surface area contributed by atoms with Gasteiger partial charge in [0.1, 0.15) is 0 Å². The lowest BCUT2D eigenvalue weighted by Gasteiger charge is -2.06. The maximum Gasteiger partial charge on any atom is 0.288 e. The highest BCUT2D eigenvalue weighted by molar-refractivity contribution is 7.90. The van der Waals surface area contributed by atoms with Crippen molar-refractivity contribution >= 4 is 21.4 Å². The van der Waals surface area contributed by atoms with Crippen LogP contribution in [0.4, 0.5) is 0 Å². The van der Waals surface area contributed by atoms with Crippen LogP contribution in [0.1, 0.15) is 12.5 Å². The van der Waals surface area contributed by atoms with Crippen LogP contribution < -0.4 is 5.56 Å². The molecule has 0 atom stereocenters. The molecule has 0 saturated heterocycles. The van der Waals surface area contributed by atoms with Gasteiger partial charge in [-0.05, 0) is 24.6 Å². The van der Waals surface area contributed by atoms with Crippen molar-refractivity contribution in [3.63, 3.8) is 0 Å². The van der Waals surface area contributed by atoms with Gasteiger partial charge in [-0.3, -0.25) is 4.79 Å². The molecular formula is C13H13ClN2O3S. The summed E-state index contributed by atoms with van der Waals surface area (Å²) in [6, 6.07) is 6.44. The van der Waals surface area contributed by atoms with Crippen LogP contribution in [0, 0.1) is 0 Å². The highest BCUT2D eigenvalue weighted by atomic mass is 35.5. The molecule has 1 heterocycles. The van der Waals surface area contributed by atoms with Gasteiger partial charge in [-0.15, -0.1) is 0 Å². The molecule has 2 aromatic rings. The molecule has 20 heavy (non-hydrogen) atoms. The van der Waals surface area contributed by atoms with Crippen molar-refractivity contribution < 1.29 is 8.42 Å². The van der Waals surface area contributed by atoms with E-state index in [2.05, 4.69) is 4.98 Å². The number of sulfone groups is 1. The van der Waals surface area contributed by atoms with Gasteiger partial charge in [-0.25, -0.2) is 13.4 Å². The smallest absolute Gasteiger partial charge is 0.288 e. The molecule has 0 bridgehead atoms. The second-order valence-electron chi connectivity index (χ2n) is 4.21. The van der Waals surface area contributed by atoms with E-state index in [1.807, 2.05) is 0 Å². The number of rotatable bonds is 4. The summed E-state index contributed by atoms with van der Waals surface area (Å²) in [5.74, 6) is -0.278. The SMILES string of the molecule is CCn1ccnc(S(=O)(=O)Cc2ccc(Cl)cc2)c1=O. The van der Waals surface area contributed by atoms with Crippen LogP contribution in [0.5, 0.6) is 0 Å². The van der Waals surface area contributed by atoms with Gasteiger partial charge in [0.15, 0.2) is 0 Å². The molecule has 0 radical (unpaired) electrons. The van der Waals surface area contributed by atoms with E-state index < -0.39 is 20.4 Å². The average Bonchev–Trinajstić information content (AvgIpc) is 2.41. The number of hydrogen-bond donors (Lipinski definition) is 0. The number of aromatic nitrogens is 2. The largest absolute Gasteiger partial charge is 0.312 e. The Morgan fingerprint density at radius 1 is 1.25 bits per heavy atom. The Labute approximate surface area is 121 Å². The molecule has 0 fully saturated rings. The summed E-state index contributed by atoms with van der Waals surface area (Å²) < 4.78 is 25.8. The molecule has 7 heteroatoms. The second-order valence-corrected chi connectivity index (χ2v) is 6.55. The standard InChI is InChI=1S/C13H13ClN2O3S/c1-2-16-8-7-15-12(13(16)17)20(18,19)9-10-3-5-11(14)6-4-10/h3-8H,2,9H2,1H3. The summed E-state index contributed by atoms with van der Waals surface area (Å²) in [5, 5.41) is 0.106. The minimum absolute atomic E-state index is 0.278. The Kier molecular flexibility index (Phi) is 4.25. The van der Waals surface area contributed by atoms with Gasteiger partial charge in [-0.1, -0.05) is 23.7 Å². The zero-order valence-electron chi connectivity index (χ0n) is 10.8. The lowest BCUT2D eigenvalue weighted by molar-refractivity contribution is 0.583. The third kappa shape index (κ3) is 3.08. The first-order chi connectivity index (χ1) is 9.44. The monoisotopic (exact) mass is 312 g/mol. The average molecular weight is 313 g/mol. The highest BCUT2D eigenvalue weighted by Gasteiger charge is 2.21. The number of halogens is 1. The van der Waals surface area contributed by atoms with E-state index in [0.717, 1.165) is 0 Å². The molecule has 0 aliphatic carbocycles. The summed E-state index contributed by atoms with van der Waals surface area (Å²) in [5.41, 5.74) is -0.0357. The summed E-state index contributed by atoms with van der Waals surface area (Å²) in [4.78, 5) is 15.7. The van der Waals surface area contributed by atoms with E-state index in [1.165, 1.54) is 17.0 Å². The van der Waals surface area contributed by atoms with Gasteiger partial charge in [0, 0.05) is 24.0 Å². The lowest BCUT2D eigenvalue weighted by Crippen LogP contribution is -2.27. The third-order valence-corrected chi connectivity index (χ3v) is 4.62. The maximum atomic E-state index is 12.3. The molecule has 0 saturated carbocycles. The summed E-state index contributed by atoms with van der Waals surface area (Å²) >= 11 is 5.75.